The van der Waals surface area contributed by atoms with E-state index in [0.717, 1.165) is 15.6 Å². The maximum atomic E-state index is 12.5. The number of benzene rings is 4. The minimum Gasteiger partial charge on any atom is -0.497 e. The number of methoxy groups -OCH3 is 1. The van der Waals surface area contributed by atoms with Crippen LogP contribution >= 0.6 is 15.9 Å². The van der Waals surface area contributed by atoms with Crippen molar-refractivity contribution < 1.29 is 23.8 Å². The molecule has 0 saturated carbocycles. The molecule has 0 bridgehead atoms. The van der Waals surface area contributed by atoms with Crippen molar-refractivity contribution in [2.24, 2.45) is 5.10 Å². The first-order chi connectivity index (χ1) is 18.0. The number of carbonyl (C=O) groups is 2. The highest BCUT2D eigenvalue weighted by Gasteiger charge is 2.12. The van der Waals surface area contributed by atoms with Gasteiger partial charge in [0.15, 0.2) is 6.61 Å². The van der Waals surface area contributed by atoms with Gasteiger partial charge in [-0.05, 0) is 65.7 Å². The van der Waals surface area contributed by atoms with E-state index >= 15 is 0 Å². The second-order valence-corrected chi connectivity index (χ2v) is 8.69. The lowest BCUT2D eigenvalue weighted by molar-refractivity contribution is -0.123. The van der Waals surface area contributed by atoms with Crippen molar-refractivity contribution in [2.45, 2.75) is 0 Å². The molecule has 186 valence electrons. The summed E-state index contributed by atoms with van der Waals surface area (Å²) in [4.78, 5) is 24.8. The van der Waals surface area contributed by atoms with Crippen molar-refractivity contribution in [2.75, 3.05) is 13.7 Å². The van der Waals surface area contributed by atoms with Crippen LogP contribution in [0.25, 0.3) is 11.1 Å². The number of halogens is 1. The van der Waals surface area contributed by atoms with Crippen LogP contribution in [0.5, 0.6) is 17.2 Å². The number of hydrazone groups is 1. The minimum atomic E-state index is -0.532. The zero-order valence-electron chi connectivity index (χ0n) is 19.9. The molecule has 0 fully saturated rings. The largest absolute Gasteiger partial charge is 0.497 e. The normalized spacial score (nSPS) is 10.6. The predicted molar refractivity (Wildman–Crippen MR) is 145 cm³/mol. The second kappa shape index (κ2) is 12.5. The first-order valence-electron chi connectivity index (χ1n) is 11.3. The van der Waals surface area contributed by atoms with E-state index in [2.05, 4.69) is 26.5 Å². The van der Waals surface area contributed by atoms with Crippen LogP contribution in [0.1, 0.15) is 15.9 Å². The zero-order valence-corrected chi connectivity index (χ0v) is 21.5. The van der Waals surface area contributed by atoms with Crippen LogP contribution in [0, 0.1) is 0 Å². The third-order valence-corrected chi connectivity index (χ3v) is 5.72. The Hall–Kier alpha value is -4.43. The monoisotopic (exact) mass is 558 g/mol. The van der Waals surface area contributed by atoms with Gasteiger partial charge in [0.25, 0.3) is 5.91 Å². The molecule has 0 spiro atoms. The second-order valence-electron chi connectivity index (χ2n) is 7.77. The summed E-state index contributed by atoms with van der Waals surface area (Å²) in [6.45, 7) is -0.209. The number of esters is 1. The van der Waals surface area contributed by atoms with E-state index in [4.69, 9.17) is 14.2 Å². The summed E-state index contributed by atoms with van der Waals surface area (Å²) < 4.78 is 17.0. The average molecular weight is 559 g/mol. The topological polar surface area (TPSA) is 86.2 Å². The van der Waals surface area contributed by atoms with E-state index in [0.29, 0.717) is 22.6 Å². The molecule has 7 nitrogen and oxygen atoms in total. The van der Waals surface area contributed by atoms with Crippen molar-refractivity contribution in [3.05, 3.63) is 113 Å². The lowest BCUT2D eigenvalue weighted by Gasteiger charge is -2.09. The number of ether oxygens (including phenoxy) is 3. The van der Waals surface area contributed by atoms with Gasteiger partial charge in [-0.1, -0.05) is 58.4 Å². The summed E-state index contributed by atoms with van der Waals surface area (Å²) in [5, 5.41) is 3.98. The quantitative estimate of drug-likeness (QED) is 0.120. The number of nitrogens with zero attached hydrogens (tertiary/aromatic N) is 1. The number of carbonyl (C=O) groups excluding carboxylic acids is 2. The Morgan fingerprint density at radius 2 is 1.54 bits per heavy atom. The maximum Gasteiger partial charge on any atom is 0.343 e. The lowest BCUT2D eigenvalue weighted by Crippen LogP contribution is -2.24. The van der Waals surface area contributed by atoms with E-state index in [1.54, 1.807) is 49.6 Å². The van der Waals surface area contributed by atoms with Gasteiger partial charge in [0.1, 0.15) is 17.2 Å². The van der Waals surface area contributed by atoms with Crippen LogP contribution in [0.4, 0.5) is 0 Å². The smallest absolute Gasteiger partial charge is 0.343 e. The fourth-order valence-corrected chi connectivity index (χ4v) is 3.71. The standard InChI is InChI=1S/C29H23BrN2O5/c1-35-25-12-9-22(10-13-25)29(34)37-27-16-11-24(30)17-23(27)18-31-32-28(33)19-36-26-14-7-21(8-15-26)20-5-3-2-4-6-20/h2-18H,19H2,1H3,(H,32,33)/b31-18+. The summed E-state index contributed by atoms with van der Waals surface area (Å²) in [5.41, 5.74) is 5.44. The highest BCUT2D eigenvalue weighted by atomic mass is 79.9. The van der Waals surface area contributed by atoms with Gasteiger partial charge in [0.05, 0.1) is 18.9 Å². The molecule has 0 unspecified atom stereocenters. The fourth-order valence-electron chi connectivity index (χ4n) is 3.33. The minimum absolute atomic E-state index is 0.209. The molecule has 4 rings (SSSR count). The third-order valence-electron chi connectivity index (χ3n) is 5.22. The summed E-state index contributed by atoms with van der Waals surface area (Å²) in [7, 11) is 1.55. The predicted octanol–water partition coefficient (Wildman–Crippen LogP) is 5.87. The number of hydrogen-bond acceptors (Lipinski definition) is 6. The van der Waals surface area contributed by atoms with E-state index in [9.17, 15) is 9.59 Å². The molecule has 0 heterocycles. The SMILES string of the molecule is COc1ccc(C(=O)Oc2ccc(Br)cc2/C=N/NC(=O)COc2ccc(-c3ccccc3)cc2)cc1. The number of amides is 1. The van der Waals surface area contributed by atoms with Crippen LogP contribution < -0.4 is 19.6 Å². The molecular weight excluding hydrogens is 536 g/mol. The molecule has 0 aliphatic heterocycles. The van der Waals surface area contributed by atoms with Gasteiger partial charge in [0, 0.05) is 10.0 Å². The summed E-state index contributed by atoms with van der Waals surface area (Å²) in [6.07, 6.45) is 1.40. The molecule has 0 saturated heterocycles. The van der Waals surface area contributed by atoms with E-state index < -0.39 is 11.9 Å². The zero-order chi connectivity index (χ0) is 26.0. The van der Waals surface area contributed by atoms with E-state index in [1.165, 1.54) is 6.21 Å². The molecule has 4 aromatic carbocycles. The average Bonchev–Trinajstić information content (AvgIpc) is 2.94. The van der Waals surface area contributed by atoms with Crippen molar-refractivity contribution in [1.29, 1.82) is 0 Å². The van der Waals surface area contributed by atoms with Crippen LogP contribution in [0.2, 0.25) is 0 Å². The van der Waals surface area contributed by atoms with Gasteiger partial charge in [-0.2, -0.15) is 5.10 Å². The first kappa shape index (κ1) is 25.7. The van der Waals surface area contributed by atoms with Crippen molar-refractivity contribution in [3.8, 4) is 28.4 Å². The Morgan fingerprint density at radius 1 is 0.865 bits per heavy atom. The molecule has 0 atom stereocenters. The molecule has 37 heavy (non-hydrogen) atoms. The van der Waals surface area contributed by atoms with Gasteiger partial charge >= 0.3 is 5.97 Å². The van der Waals surface area contributed by atoms with Gasteiger partial charge in [-0.25, -0.2) is 10.2 Å². The van der Waals surface area contributed by atoms with E-state index in [1.807, 2.05) is 54.6 Å². The molecule has 0 radical (unpaired) electrons. The third kappa shape index (κ3) is 7.28. The molecule has 1 amide bonds. The van der Waals surface area contributed by atoms with Gasteiger partial charge < -0.3 is 14.2 Å². The van der Waals surface area contributed by atoms with Crippen LogP contribution in [-0.4, -0.2) is 31.8 Å². The van der Waals surface area contributed by atoms with Gasteiger partial charge in [0.2, 0.25) is 0 Å². The molecule has 4 aromatic rings. The summed E-state index contributed by atoms with van der Waals surface area (Å²) in [6, 6.07) is 29.1. The molecule has 1 N–H and O–H groups in total. The van der Waals surface area contributed by atoms with Gasteiger partial charge in [-0.3, -0.25) is 4.79 Å². The summed E-state index contributed by atoms with van der Waals surface area (Å²) >= 11 is 3.39. The fraction of sp³-hybridized carbons (Fsp3) is 0.0690. The Balaban J connectivity index is 1.32. The van der Waals surface area contributed by atoms with Crippen molar-refractivity contribution in [1.82, 2.24) is 5.43 Å². The number of nitrogens with one attached hydrogen (secondary N) is 1. The molecule has 0 aromatic heterocycles. The Morgan fingerprint density at radius 3 is 2.24 bits per heavy atom. The molecule has 0 aliphatic rings. The maximum absolute atomic E-state index is 12.5. The first-order valence-corrected chi connectivity index (χ1v) is 12.1. The summed E-state index contributed by atoms with van der Waals surface area (Å²) in [5.74, 6) is 0.526. The number of hydrogen-bond donors (Lipinski definition) is 1. The highest BCUT2D eigenvalue weighted by Crippen LogP contribution is 2.24. The van der Waals surface area contributed by atoms with Crippen LogP contribution in [0.3, 0.4) is 0 Å². The van der Waals surface area contributed by atoms with Crippen LogP contribution in [0.15, 0.2) is 107 Å². The van der Waals surface area contributed by atoms with Crippen molar-refractivity contribution >= 4 is 34.0 Å². The molecular formula is C29H23BrN2O5. The highest BCUT2D eigenvalue weighted by molar-refractivity contribution is 9.10. The molecule has 8 heteroatoms. The lowest BCUT2D eigenvalue weighted by atomic mass is 10.1. The van der Waals surface area contributed by atoms with E-state index in [-0.39, 0.29) is 12.4 Å². The Kier molecular flexibility index (Phi) is 8.67. The van der Waals surface area contributed by atoms with Crippen molar-refractivity contribution in [3.63, 3.8) is 0 Å². The Bertz CT molecular complexity index is 1390. The number of rotatable bonds is 9. The van der Waals surface area contributed by atoms with Crippen LogP contribution in [-0.2, 0) is 4.79 Å². The Labute approximate surface area is 222 Å². The van der Waals surface area contributed by atoms with Gasteiger partial charge in [-0.15, -0.1) is 0 Å². The molecule has 0 aliphatic carbocycles.